The van der Waals surface area contributed by atoms with Crippen LogP contribution in [-0.4, -0.2) is 30.2 Å². The van der Waals surface area contributed by atoms with E-state index in [1.807, 2.05) is 24.3 Å². The normalized spacial score (nSPS) is 13.1. The Labute approximate surface area is 154 Å². The first-order valence-electron chi connectivity index (χ1n) is 7.39. The molecule has 5 nitrogen and oxygen atoms in total. The topological polar surface area (TPSA) is 59.0 Å². The van der Waals surface area contributed by atoms with Crippen molar-refractivity contribution in [2.45, 2.75) is 19.6 Å². The molecule has 0 saturated heterocycles. The van der Waals surface area contributed by atoms with Crippen molar-refractivity contribution < 1.29 is 39.7 Å². The molecule has 0 fully saturated rings. The number of fused-ring (bicyclic) bond motifs is 1. The van der Waals surface area contributed by atoms with Gasteiger partial charge in [-0.25, -0.2) is 4.79 Å². The van der Waals surface area contributed by atoms with Crippen LogP contribution in [0.15, 0.2) is 36.4 Å². The number of carboxylic acids is 1. The van der Waals surface area contributed by atoms with Crippen LogP contribution in [0.4, 0.5) is 0 Å². The summed E-state index contributed by atoms with van der Waals surface area (Å²) in [7, 11) is 3.28. The van der Waals surface area contributed by atoms with Crippen molar-refractivity contribution in [1.82, 2.24) is 4.90 Å². The van der Waals surface area contributed by atoms with Gasteiger partial charge < -0.3 is 16.0 Å². The molecule has 24 heavy (non-hydrogen) atoms. The van der Waals surface area contributed by atoms with E-state index in [2.05, 4.69) is 4.90 Å². The Bertz CT molecular complexity index is 754. The number of benzene rings is 2. The number of aromatic carboxylic acids is 1. The van der Waals surface area contributed by atoms with Crippen LogP contribution < -0.4 is 28.3 Å². The van der Waals surface area contributed by atoms with Gasteiger partial charge >= 0.3 is 24.8 Å². The largest absolute Gasteiger partial charge is 1.00 e. The number of hydrogen-bond donors (Lipinski definition) is 1. The van der Waals surface area contributed by atoms with Gasteiger partial charge in [-0.15, -0.1) is 0 Å². The molecular weight excluding hydrogens is 301 g/mol. The Morgan fingerprint density at radius 3 is 2.54 bits per heavy atom. The predicted molar refractivity (Wildman–Crippen MR) is 87.0 cm³/mol. The molecule has 1 heterocycles. The van der Waals surface area contributed by atoms with Crippen LogP contribution in [-0.2, 0) is 19.6 Å². The van der Waals surface area contributed by atoms with Crippen molar-refractivity contribution in [1.29, 1.82) is 0 Å². The quantitative estimate of drug-likeness (QED) is 0.788. The molecule has 0 unspecified atom stereocenters. The van der Waals surface area contributed by atoms with Gasteiger partial charge in [0.25, 0.3) is 0 Å². The maximum Gasteiger partial charge on any atom is 1.00 e. The minimum absolute atomic E-state index is 0. The Morgan fingerprint density at radius 2 is 1.88 bits per heavy atom. The number of methoxy groups -OCH3 is 2. The van der Waals surface area contributed by atoms with Gasteiger partial charge in [0.2, 0.25) is 0 Å². The Balaban J connectivity index is 0.00000156. The second kappa shape index (κ2) is 7.76. The maximum atomic E-state index is 11.1. The van der Waals surface area contributed by atoms with E-state index in [0.717, 1.165) is 42.3 Å². The smallest absolute Gasteiger partial charge is 1.00 e. The summed E-state index contributed by atoms with van der Waals surface area (Å²) in [6.45, 7) is 2.29. The molecule has 0 bridgehead atoms. The van der Waals surface area contributed by atoms with Gasteiger partial charge in [0, 0.05) is 31.3 Å². The van der Waals surface area contributed by atoms with E-state index in [0.29, 0.717) is 5.56 Å². The van der Waals surface area contributed by atoms with Gasteiger partial charge in [-0.3, -0.25) is 4.90 Å². The molecule has 0 radical (unpaired) electrons. The monoisotopic (exact) mass is 321 g/mol. The molecule has 0 aliphatic carbocycles. The summed E-state index contributed by atoms with van der Waals surface area (Å²) in [6.07, 6.45) is 0. The van der Waals surface area contributed by atoms with Crippen molar-refractivity contribution >= 4 is 5.97 Å². The van der Waals surface area contributed by atoms with Gasteiger partial charge in [-0.2, -0.15) is 0 Å². The van der Waals surface area contributed by atoms with Crippen molar-refractivity contribution in [3.63, 3.8) is 0 Å². The molecule has 0 saturated carbocycles. The Hall–Kier alpha value is -1.93. The molecule has 2 aromatic rings. The third-order valence-corrected chi connectivity index (χ3v) is 4.13. The summed E-state index contributed by atoms with van der Waals surface area (Å²) >= 11 is 0. The van der Waals surface area contributed by atoms with Crippen molar-refractivity contribution in [3.05, 3.63) is 58.7 Å². The summed E-state index contributed by atoms with van der Waals surface area (Å²) in [5, 5.41) is 9.09. The fraction of sp³-hybridized carbons (Fsp3) is 0.278. The third-order valence-electron chi connectivity index (χ3n) is 4.13. The summed E-state index contributed by atoms with van der Waals surface area (Å²) < 4.78 is 10.7. The first kappa shape index (κ1) is 18.4. The number of carboxylic acid groups (broad SMARTS) is 1. The van der Waals surface area contributed by atoms with Crippen molar-refractivity contribution in [2.24, 2.45) is 0 Å². The van der Waals surface area contributed by atoms with Gasteiger partial charge in [0.05, 0.1) is 19.8 Å². The van der Waals surface area contributed by atoms with Crippen LogP contribution in [0.25, 0.3) is 0 Å². The summed E-state index contributed by atoms with van der Waals surface area (Å²) in [5.74, 6) is 0.677. The number of carbonyl (C=O) groups is 1. The first-order chi connectivity index (χ1) is 11.1. The first-order valence-corrected chi connectivity index (χ1v) is 7.39. The average Bonchev–Trinajstić information content (AvgIpc) is 2.96. The second-order valence-electron chi connectivity index (χ2n) is 5.61. The molecule has 0 aromatic heterocycles. The number of ether oxygens (including phenoxy) is 2. The molecule has 1 aliphatic heterocycles. The van der Waals surface area contributed by atoms with Crippen LogP contribution in [0.3, 0.4) is 0 Å². The SMILES string of the molecule is COc1ccc(CN2Cc3ccc(C(=O)O)cc3C2)c(OC)c1.[H-].[Li+]. The number of rotatable bonds is 5. The molecule has 0 spiro atoms. The van der Waals surface area contributed by atoms with E-state index < -0.39 is 5.97 Å². The van der Waals surface area contributed by atoms with Crippen LogP contribution in [0.5, 0.6) is 11.5 Å². The fourth-order valence-electron chi connectivity index (χ4n) is 2.93. The van der Waals surface area contributed by atoms with Gasteiger partial charge in [-0.1, -0.05) is 12.1 Å². The van der Waals surface area contributed by atoms with Crippen molar-refractivity contribution in [3.8, 4) is 11.5 Å². The minimum Gasteiger partial charge on any atom is -1.00 e. The summed E-state index contributed by atoms with van der Waals surface area (Å²) in [6, 6.07) is 11.1. The van der Waals surface area contributed by atoms with E-state index in [-0.39, 0.29) is 20.3 Å². The molecular formula is C18H20LiNO4. The maximum absolute atomic E-state index is 11.1. The molecule has 1 N–H and O–H groups in total. The number of nitrogens with zero attached hydrogens (tertiary/aromatic N) is 1. The standard InChI is InChI=1S/C18H19NO4.Li.H/c1-22-16-6-5-14(17(8-16)23-2)10-19-9-13-4-3-12(18(20)21)7-15(13)11-19;;/h3-8H,9-11H2,1-2H3,(H,20,21);;/q;+1;-1. The molecule has 0 atom stereocenters. The molecule has 122 valence electrons. The summed E-state index contributed by atoms with van der Waals surface area (Å²) in [5.41, 5.74) is 3.69. The third kappa shape index (κ3) is 3.76. The molecule has 3 rings (SSSR count). The van der Waals surface area contributed by atoms with E-state index in [1.54, 1.807) is 26.4 Å². The van der Waals surface area contributed by atoms with Gasteiger partial charge in [0.15, 0.2) is 0 Å². The zero-order chi connectivity index (χ0) is 16.4. The molecule has 6 heteroatoms. The predicted octanol–water partition coefficient (Wildman–Crippen LogP) is 0.0343. The van der Waals surface area contributed by atoms with Crippen LogP contribution in [0.2, 0.25) is 0 Å². The summed E-state index contributed by atoms with van der Waals surface area (Å²) in [4.78, 5) is 13.3. The Kier molecular flexibility index (Phi) is 5.95. The van der Waals surface area contributed by atoms with Crippen LogP contribution >= 0.6 is 0 Å². The second-order valence-corrected chi connectivity index (χ2v) is 5.61. The van der Waals surface area contributed by atoms with Crippen LogP contribution in [0.1, 0.15) is 28.5 Å². The van der Waals surface area contributed by atoms with Gasteiger partial charge in [-0.05, 0) is 29.3 Å². The zero-order valence-electron chi connectivity index (χ0n) is 15.2. The zero-order valence-corrected chi connectivity index (χ0v) is 14.2. The van der Waals surface area contributed by atoms with E-state index in [4.69, 9.17) is 14.6 Å². The van der Waals surface area contributed by atoms with E-state index >= 15 is 0 Å². The van der Waals surface area contributed by atoms with E-state index in [1.165, 1.54) is 5.56 Å². The molecule has 2 aromatic carbocycles. The minimum atomic E-state index is -0.886. The number of hydrogen-bond acceptors (Lipinski definition) is 4. The van der Waals surface area contributed by atoms with Gasteiger partial charge in [0.1, 0.15) is 11.5 Å². The van der Waals surface area contributed by atoms with Crippen molar-refractivity contribution in [2.75, 3.05) is 14.2 Å². The van der Waals surface area contributed by atoms with Crippen LogP contribution in [0, 0.1) is 0 Å². The fourth-order valence-corrected chi connectivity index (χ4v) is 2.93. The molecule has 0 amide bonds. The Morgan fingerprint density at radius 1 is 1.12 bits per heavy atom. The van der Waals surface area contributed by atoms with E-state index in [9.17, 15) is 4.79 Å². The average molecular weight is 321 g/mol. The molecule has 1 aliphatic rings.